The van der Waals surface area contributed by atoms with E-state index < -0.39 is 39.5 Å². The van der Waals surface area contributed by atoms with E-state index in [4.69, 9.17) is 9.73 Å². The lowest BCUT2D eigenvalue weighted by Crippen LogP contribution is -2.39. The van der Waals surface area contributed by atoms with Crippen molar-refractivity contribution in [3.05, 3.63) is 89.2 Å². The van der Waals surface area contributed by atoms with Gasteiger partial charge in [0.2, 0.25) is 21.8 Å². The Balaban J connectivity index is 1.79. The molecule has 214 valence electrons. The van der Waals surface area contributed by atoms with Crippen LogP contribution >= 0.6 is 0 Å². The number of anilines is 2. The number of likely N-dealkylation sites (N-methyl/N-ethyl adjacent to an activating group) is 1. The lowest BCUT2D eigenvalue weighted by molar-refractivity contribution is -0.139. The van der Waals surface area contributed by atoms with Crippen LogP contribution in [-0.2, 0) is 35.6 Å². The van der Waals surface area contributed by atoms with Gasteiger partial charge in [-0.15, -0.1) is 0 Å². The summed E-state index contributed by atoms with van der Waals surface area (Å²) in [6, 6.07) is 17.2. The minimum Gasteiger partial charge on any atom is -0.469 e. The number of hydrogen-bond donors (Lipinski definition) is 1. The standard InChI is InChI=1S/C29H29FN4O6S/c1-33(2)25(35)17-34(41(4,38)39)22-11-9-21(10-12-22)31-28(19-7-5-6-18(14-19)15-26(36)40-3)27-23-13-8-20(30)16-24(23)32-29(27)37/h5-14,16,27H,15,17H2,1-4H3,(H,32,37). The summed E-state index contributed by atoms with van der Waals surface area (Å²) in [4.78, 5) is 43.4. The number of esters is 1. The largest absolute Gasteiger partial charge is 0.469 e. The molecule has 0 bridgehead atoms. The zero-order valence-corrected chi connectivity index (χ0v) is 23.7. The summed E-state index contributed by atoms with van der Waals surface area (Å²) >= 11 is 0. The summed E-state index contributed by atoms with van der Waals surface area (Å²) in [6.45, 7) is -0.373. The molecule has 4 rings (SSSR count). The van der Waals surface area contributed by atoms with Gasteiger partial charge in [0.15, 0.2) is 0 Å². The van der Waals surface area contributed by atoms with Crippen molar-refractivity contribution in [1.29, 1.82) is 0 Å². The number of nitrogens with one attached hydrogen (secondary N) is 1. The quantitative estimate of drug-likeness (QED) is 0.306. The molecule has 3 aromatic carbocycles. The number of aliphatic imine (C=N–C) groups is 1. The van der Waals surface area contributed by atoms with Crippen molar-refractivity contribution in [2.45, 2.75) is 12.3 Å². The molecule has 0 saturated heterocycles. The normalized spacial score (nSPS) is 14.7. The molecular weight excluding hydrogens is 551 g/mol. The van der Waals surface area contributed by atoms with Crippen molar-refractivity contribution in [2.24, 2.45) is 4.99 Å². The summed E-state index contributed by atoms with van der Waals surface area (Å²) in [7, 11) is 0.595. The van der Waals surface area contributed by atoms with E-state index in [0.29, 0.717) is 33.8 Å². The van der Waals surface area contributed by atoms with Crippen molar-refractivity contribution in [2.75, 3.05) is 43.6 Å². The second-order valence-electron chi connectivity index (χ2n) is 9.68. The van der Waals surface area contributed by atoms with Crippen molar-refractivity contribution in [3.8, 4) is 0 Å². The number of carbonyl (C=O) groups is 3. The van der Waals surface area contributed by atoms with E-state index in [1.54, 1.807) is 36.4 Å². The van der Waals surface area contributed by atoms with E-state index in [9.17, 15) is 27.2 Å². The third-order valence-electron chi connectivity index (χ3n) is 6.48. The second kappa shape index (κ2) is 11.9. The molecule has 1 atom stereocenters. The number of amides is 2. The highest BCUT2D eigenvalue weighted by atomic mass is 32.2. The number of methoxy groups -OCH3 is 1. The minimum absolute atomic E-state index is 0.0119. The fourth-order valence-electron chi connectivity index (χ4n) is 4.38. The van der Waals surface area contributed by atoms with Gasteiger partial charge in [-0.05, 0) is 59.2 Å². The minimum atomic E-state index is -3.77. The Labute approximate surface area is 237 Å². The lowest BCUT2D eigenvalue weighted by atomic mass is 9.89. The predicted molar refractivity (Wildman–Crippen MR) is 153 cm³/mol. The molecule has 12 heteroatoms. The van der Waals surface area contributed by atoms with Crippen LogP contribution in [0.2, 0.25) is 0 Å². The van der Waals surface area contributed by atoms with Gasteiger partial charge in [0.25, 0.3) is 0 Å². The van der Waals surface area contributed by atoms with Gasteiger partial charge in [-0.25, -0.2) is 12.8 Å². The summed E-state index contributed by atoms with van der Waals surface area (Å²) in [6.07, 6.45) is 1.03. The molecule has 0 spiro atoms. The molecular formula is C29H29FN4O6S. The summed E-state index contributed by atoms with van der Waals surface area (Å²) in [5.74, 6) is -2.61. The monoisotopic (exact) mass is 580 g/mol. The first-order chi connectivity index (χ1) is 19.4. The van der Waals surface area contributed by atoms with Crippen LogP contribution in [0.4, 0.5) is 21.5 Å². The highest BCUT2D eigenvalue weighted by Crippen LogP contribution is 2.37. The molecule has 10 nitrogen and oxygen atoms in total. The van der Waals surface area contributed by atoms with E-state index in [2.05, 4.69) is 5.32 Å². The predicted octanol–water partition coefficient (Wildman–Crippen LogP) is 3.25. The van der Waals surface area contributed by atoms with E-state index in [-0.39, 0.29) is 18.7 Å². The van der Waals surface area contributed by atoms with E-state index in [1.165, 1.54) is 56.4 Å². The van der Waals surface area contributed by atoms with Gasteiger partial charge >= 0.3 is 5.97 Å². The molecule has 1 aliphatic heterocycles. The zero-order chi connectivity index (χ0) is 29.9. The Hall–Kier alpha value is -4.58. The van der Waals surface area contributed by atoms with E-state index >= 15 is 0 Å². The summed E-state index contributed by atoms with van der Waals surface area (Å²) in [5, 5.41) is 2.71. The van der Waals surface area contributed by atoms with Crippen LogP contribution in [0.25, 0.3) is 0 Å². The number of hydrogen-bond acceptors (Lipinski definition) is 7. The maximum absolute atomic E-state index is 13.9. The van der Waals surface area contributed by atoms with Crippen LogP contribution in [0.3, 0.4) is 0 Å². The van der Waals surface area contributed by atoms with E-state index in [0.717, 1.165) is 10.6 Å². The highest BCUT2D eigenvalue weighted by molar-refractivity contribution is 7.92. The molecule has 1 heterocycles. The summed E-state index contributed by atoms with van der Waals surface area (Å²) in [5.41, 5.74) is 3.08. The molecule has 3 aromatic rings. The molecule has 0 fully saturated rings. The fraction of sp³-hybridized carbons (Fsp3) is 0.241. The smallest absolute Gasteiger partial charge is 0.309 e. The first-order valence-electron chi connectivity index (χ1n) is 12.5. The Bertz CT molecular complexity index is 1640. The first-order valence-corrected chi connectivity index (χ1v) is 14.3. The van der Waals surface area contributed by atoms with Crippen molar-refractivity contribution in [1.82, 2.24) is 4.90 Å². The topological polar surface area (TPSA) is 125 Å². The second-order valence-corrected chi connectivity index (χ2v) is 11.6. The average Bonchev–Trinajstić information content (AvgIpc) is 3.24. The van der Waals surface area contributed by atoms with Crippen LogP contribution in [0, 0.1) is 5.82 Å². The number of fused-ring (bicyclic) bond motifs is 1. The molecule has 1 aliphatic rings. The fourth-order valence-corrected chi connectivity index (χ4v) is 5.23. The molecule has 0 aromatic heterocycles. The Morgan fingerprint density at radius 3 is 2.39 bits per heavy atom. The average molecular weight is 581 g/mol. The molecule has 1 unspecified atom stereocenters. The third-order valence-corrected chi connectivity index (χ3v) is 7.62. The van der Waals surface area contributed by atoms with Gasteiger partial charge in [0.1, 0.15) is 18.3 Å². The number of nitrogens with zero attached hydrogens (tertiary/aromatic N) is 3. The Morgan fingerprint density at radius 1 is 1.05 bits per heavy atom. The maximum Gasteiger partial charge on any atom is 0.309 e. The number of halogens is 1. The van der Waals surface area contributed by atoms with Crippen LogP contribution in [-0.4, -0.2) is 70.8 Å². The van der Waals surface area contributed by atoms with Crippen molar-refractivity contribution < 1.29 is 31.9 Å². The van der Waals surface area contributed by atoms with Crippen molar-refractivity contribution >= 4 is 50.6 Å². The third kappa shape index (κ3) is 6.77. The van der Waals surface area contributed by atoms with Gasteiger partial charge < -0.3 is 15.0 Å². The summed E-state index contributed by atoms with van der Waals surface area (Å²) < 4.78 is 44.6. The SMILES string of the molecule is COC(=O)Cc1cccc(C(=Nc2ccc(N(CC(=O)N(C)C)S(C)(=O)=O)cc2)C2C(=O)Nc3cc(F)ccc32)c1. The molecule has 41 heavy (non-hydrogen) atoms. The molecule has 0 saturated carbocycles. The van der Waals surface area contributed by atoms with Crippen LogP contribution in [0.1, 0.15) is 22.6 Å². The Morgan fingerprint density at radius 2 is 1.76 bits per heavy atom. The number of ether oxygens (including phenoxy) is 1. The zero-order valence-electron chi connectivity index (χ0n) is 22.9. The first kappa shape index (κ1) is 29.4. The van der Waals surface area contributed by atoms with Gasteiger partial charge in [-0.3, -0.25) is 23.7 Å². The highest BCUT2D eigenvalue weighted by Gasteiger charge is 2.36. The van der Waals surface area contributed by atoms with Gasteiger partial charge in [-0.2, -0.15) is 0 Å². The van der Waals surface area contributed by atoms with Gasteiger partial charge in [0, 0.05) is 19.8 Å². The van der Waals surface area contributed by atoms with Crippen LogP contribution in [0.15, 0.2) is 71.7 Å². The van der Waals surface area contributed by atoms with Crippen molar-refractivity contribution in [3.63, 3.8) is 0 Å². The molecule has 1 N–H and O–H groups in total. The van der Waals surface area contributed by atoms with Crippen LogP contribution in [0.5, 0.6) is 0 Å². The van der Waals surface area contributed by atoms with Gasteiger partial charge in [-0.1, -0.05) is 24.3 Å². The Kier molecular flexibility index (Phi) is 8.52. The van der Waals surface area contributed by atoms with Gasteiger partial charge in [0.05, 0.1) is 36.9 Å². The lowest BCUT2D eigenvalue weighted by Gasteiger charge is -2.23. The van der Waals surface area contributed by atoms with Crippen LogP contribution < -0.4 is 9.62 Å². The molecule has 0 radical (unpaired) electrons. The van der Waals surface area contributed by atoms with E-state index in [1.807, 2.05) is 0 Å². The number of rotatable bonds is 9. The maximum atomic E-state index is 13.9. The number of carbonyl (C=O) groups excluding carboxylic acids is 3. The number of benzene rings is 3. The molecule has 0 aliphatic carbocycles. The molecule has 2 amide bonds. The number of sulfonamides is 1.